The second kappa shape index (κ2) is 6.28. The van der Waals surface area contributed by atoms with E-state index in [2.05, 4.69) is 6.58 Å². The summed E-state index contributed by atoms with van der Waals surface area (Å²) in [5.41, 5.74) is 0.303. The Morgan fingerprint density at radius 3 is 2.83 bits per heavy atom. The third kappa shape index (κ3) is 2.51. The van der Waals surface area contributed by atoms with E-state index in [4.69, 9.17) is 9.47 Å². The van der Waals surface area contributed by atoms with Crippen molar-refractivity contribution in [2.75, 3.05) is 6.61 Å². The van der Waals surface area contributed by atoms with Gasteiger partial charge in [0.05, 0.1) is 18.8 Å². The lowest BCUT2D eigenvalue weighted by atomic mass is 9.63. The molecule has 2 fully saturated rings. The van der Waals surface area contributed by atoms with Gasteiger partial charge in [-0.3, -0.25) is 9.59 Å². The highest BCUT2D eigenvalue weighted by Crippen LogP contribution is 2.50. The van der Waals surface area contributed by atoms with Crippen molar-refractivity contribution in [3.05, 3.63) is 48.0 Å². The summed E-state index contributed by atoms with van der Waals surface area (Å²) in [5.74, 6) is -0.614. The molecule has 122 valence electrons. The van der Waals surface area contributed by atoms with Gasteiger partial charge in [-0.2, -0.15) is 0 Å². The van der Waals surface area contributed by atoms with Crippen LogP contribution in [0.15, 0.2) is 42.5 Å². The van der Waals surface area contributed by atoms with Gasteiger partial charge in [0, 0.05) is 6.42 Å². The summed E-state index contributed by atoms with van der Waals surface area (Å²) in [6.07, 6.45) is 1.61. The maximum atomic E-state index is 13.0. The number of ether oxygens (including phenoxy) is 2. The average Bonchev–Trinajstić information content (AvgIpc) is 2.55. The van der Waals surface area contributed by atoms with Gasteiger partial charge in [-0.15, -0.1) is 0 Å². The van der Waals surface area contributed by atoms with E-state index in [-0.39, 0.29) is 24.9 Å². The van der Waals surface area contributed by atoms with E-state index >= 15 is 0 Å². The number of carbonyl (C=O) groups excluding carboxylic acids is 2. The minimum Gasteiger partial charge on any atom is -0.465 e. The molecule has 0 bridgehead atoms. The van der Waals surface area contributed by atoms with E-state index in [9.17, 15) is 9.59 Å². The van der Waals surface area contributed by atoms with Crippen molar-refractivity contribution in [2.45, 2.75) is 44.8 Å². The van der Waals surface area contributed by atoms with Gasteiger partial charge in [0.15, 0.2) is 11.2 Å². The van der Waals surface area contributed by atoms with Crippen LogP contribution in [0.1, 0.15) is 44.3 Å². The fourth-order valence-corrected chi connectivity index (χ4v) is 3.76. The van der Waals surface area contributed by atoms with Crippen molar-refractivity contribution in [2.24, 2.45) is 5.41 Å². The average molecular weight is 314 g/mol. The zero-order chi connectivity index (χ0) is 16.4. The van der Waals surface area contributed by atoms with Crippen LogP contribution in [0.25, 0.3) is 0 Å². The number of rotatable bonds is 3. The van der Waals surface area contributed by atoms with E-state index < -0.39 is 17.5 Å². The molecule has 1 aromatic carbocycles. The van der Waals surface area contributed by atoms with Crippen LogP contribution < -0.4 is 0 Å². The lowest BCUT2D eigenvalue weighted by Gasteiger charge is -2.47. The number of fused-ring (bicyclic) bond motifs is 1. The Kier molecular flexibility index (Phi) is 4.35. The fourth-order valence-electron chi connectivity index (χ4n) is 3.76. The molecule has 1 saturated carbocycles. The maximum Gasteiger partial charge on any atom is 0.326 e. The second-order valence-electron chi connectivity index (χ2n) is 6.18. The van der Waals surface area contributed by atoms with Crippen molar-refractivity contribution in [3.63, 3.8) is 0 Å². The van der Waals surface area contributed by atoms with E-state index in [1.807, 2.05) is 30.3 Å². The van der Waals surface area contributed by atoms with Gasteiger partial charge < -0.3 is 9.47 Å². The minimum absolute atomic E-state index is 0.120. The Labute approximate surface area is 136 Å². The Morgan fingerprint density at radius 1 is 1.39 bits per heavy atom. The number of esters is 1. The number of benzene rings is 1. The predicted molar refractivity (Wildman–Crippen MR) is 85.7 cm³/mol. The summed E-state index contributed by atoms with van der Waals surface area (Å²) < 4.78 is 11.4. The van der Waals surface area contributed by atoms with Crippen molar-refractivity contribution in [1.82, 2.24) is 0 Å². The topological polar surface area (TPSA) is 52.6 Å². The second-order valence-corrected chi connectivity index (χ2v) is 6.18. The molecule has 1 saturated heterocycles. The summed E-state index contributed by atoms with van der Waals surface area (Å²) in [7, 11) is 0. The molecule has 23 heavy (non-hydrogen) atoms. The molecule has 0 spiro atoms. The third-order valence-corrected chi connectivity index (χ3v) is 4.89. The van der Waals surface area contributed by atoms with Crippen LogP contribution >= 0.6 is 0 Å². The molecule has 4 nitrogen and oxygen atoms in total. The number of ketones is 1. The number of hydrogen-bond acceptors (Lipinski definition) is 4. The first-order chi connectivity index (χ1) is 11.1. The predicted octanol–water partition coefficient (Wildman–Crippen LogP) is 3.38. The van der Waals surface area contributed by atoms with E-state index in [1.165, 1.54) is 0 Å². The lowest BCUT2D eigenvalue weighted by molar-refractivity contribution is -0.185. The highest BCUT2D eigenvalue weighted by molar-refractivity contribution is 6.08. The largest absolute Gasteiger partial charge is 0.465 e. The number of Topliss-reactive ketones (excluding diaryl/α,β-unsaturated/α-hetero) is 1. The molecule has 2 aliphatic rings. The summed E-state index contributed by atoms with van der Waals surface area (Å²) in [6.45, 7) is 6.01. The van der Waals surface area contributed by atoms with Gasteiger partial charge in [0.1, 0.15) is 0 Å². The van der Waals surface area contributed by atoms with Crippen molar-refractivity contribution >= 4 is 11.8 Å². The van der Waals surface area contributed by atoms with Crippen molar-refractivity contribution in [1.29, 1.82) is 0 Å². The summed E-state index contributed by atoms with van der Waals surface area (Å²) in [4.78, 5) is 25.7. The molecule has 1 heterocycles. The smallest absolute Gasteiger partial charge is 0.326 e. The van der Waals surface area contributed by atoms with Crippen LogP contribution in [0.5, 0.6) is 0 Å². The normalized spacial score (nSPS) is 30.7. The minimum atomic E-state index is -1.31. The van der Waals surface area contributed by atoms with E-state index in [0.717, 1.165) is 12.0 Å². The Hall–Kier alpha value is -1.94. The summed E-state index contributed by atoms with van der Waals surface area (Å²) >= 11 is 0. The molecule has 3 atom stereocenters. The first-order valence-electron chi connectivity index (χ1n) is 8.19. The zero-order valence-electron chi connectivity index (χ0n) is 13.4. The molecule has 0 radical (unpaired) electrons. The molecule has 1 aliphatic heterocycles. The zero-order valence-corrected chi connectivity index (χ0v) is 13.4. The van der Waals surface area contributed by atoms with Crippen LogP contribution in [0.3, 0.4) is 0 Å². The van der Waals surface area contributed by atoms with Gasteiger partial charge in [-0.25, -0.2) is 0 Å². The SMILES string of the molecule is C=C1CCC[C@@H]2O[C@H](c3ccccc3)CC(=O)[C@]12C(=O)OCC. The molecule has 4 heteroatoms. The third-order valence-electron chi connectivity index (χ3n) is 4.89. The van der Waals surface area contributed by atoms with Crippen LogP contribution in [-0.4, -0.2) is 24.5 Å². The van der Waals surface area contributed by atoms with Crippen LogP contribution in [0.4, 0.5) is 0 Å². The first kappa shape index (κ1) is 15.9. The maximum absolute atomic E-state index is 13.0. The molecular weight excluding hydrogens is 292 g/mol. The highest BCUT2D eigenvalue weighted by Gasteiger charge is 2.60. The number of carbonyl (C=O) groups is 2. The van der Waals surface area contributed by atoms with Crippen molar-refractivity contribution in [3.8, 4) is 0 Å². The van der Waals surface area contributed by atoms with Crippen LogP contribution in [0, 0.1) is 5.41 Å². The molecule has 0 N–H and O–H groups in total. The van der Waals surface area contributed by atoms with Gasteiger partial charge in [-0.05, 0) is 31.7 Å². The number of hydrogen-bond donors (Lipinski definition) is 0. The Balaban J connectivity index is 1.96. The van der Waals surface area contributed by atoms with Crippen LogP contribution in [0.2, 0.25) is 0 Å². The highest BCUT2D eigenvalue weighted by atomic mass is 16.5. The summed E-state index contributed by atoms with van der Waals surface area (Å²) in [5, 5.41) is 0. The quantitative estimate of drug-likeness (QED) is 0.487. The molecule has 1 aromatic rings. The molecule has 0 amide bonds. The van der Waals surface area contributed by atoms with Crippen molar-refractivity contribution < 1.29 is 19.1 Å². The fraction of sp³-hybridized carbons (Fsp3) is 0.474. The van der Waals surface area contributed by atoms with Gasteiger partial charge in [0.2, 0.25) is 0 Å². The summed E-state index contributed by atoms with van der Waals surface area (Å²) in [6, 6.07) is 9.69. The van der Waals surface area contributed by atoms with E-state index in [1.54, 1.807) is 6.92 Å². The van der Waals surface area contributed by atoms with E-state index in [0.29, 0.717) is 18.4 Å². The van der Waals surface area contributed by atoms with Gasteiger partial charge in [-0.1, -0.05) is 42.5 Å². The molecule has 3 rings (SSSR count). The van der Waals surface area contributed by atoms with Crippen LogP contribution in [-0.2, 0) is 19.1 Å². The van der Waals surface area contributed by atoms with Gasteiger partial charge in [0.25, 0.3) is 0 Å². The van der Waals surface area contributed by atoms with Gasteiger partial charge >= 0.3 is 5.97 Å². The Morgan fingerprint density at radius 2 is 2.13 bits per heavy atom. The molecular formula is C19H22O4. The lowest BCUT2D eigenvalue weighted by Crippen LogP contribution is -2.57. The standard InChI is InChI=1S/C19H22O4/c1-3-22-18(21)19-13(2)8-7-11-17(19)23-15(12-16(19)20)14-9-5-4-6-10-14/h4-6,9-10,15,17H,2-3,7-8,11-12H2,1H3/t15-,17-,19+/m0/s1. The monoisotopic (exact) mass is 314 g/mol. The molecule has 0 aromatic heterocycles. The first-order valence-corrected chi connectivity index (χ1v) is 8.19. The molecule has 0 unspecified atom stereocenters. The molecule has 1 aliphatic carbocycles. The Bertz CT molecular complexity index is 622.